The van der Waals surface area contributed by atoms with Crippen LogP contribution in [-0.4, -0.2) is 30.1 Å². The molecule has 84 valence electrons. The van der Waals surface area contributed by atoms with Crippen molar-refractivity contribution >= 4 is 17.3 Å². The molecule has 0 saturated heterocycles. The summed E-state index contributed by atoms with van der Waals surface area (Å²) in [6.07, 6.45) is 2.66. The highest BCUT2D eigenvalue weighted by atomic mass is 32.1. The highest BCUT2D eigenvalue weighted by Crippen LogP contribution is 2.04. The van der Waals surface area contributed by atoms with Crippen LogP contribution in [0.5, 0.6) is 0 Å². The summed E-state index contributed by atoms with van der Waals surface area (Å²) >= 11 is 1.17. The van der Waals surface area contributed by atoms with Crippen molar-refractivity contribution in [1.29, 1.82) is 0 Å². The van der Waals surface area contributed by atoms with Gasteiger partial charge < -0.3 is 0 Å². The quantitative estimate of drug-likeness (QED) is 0.724. The maximum Gasteiger partial charge on any atom is 0.191 e. The van der Waals surface area contributed by atoms with Gasteiger partial charge in [0.05, 0.1) is 6.42 Å². The number of aromatic nitrogens is 5. The first kappa shape index (κ1) is 10.9. The van der Waals surface area contributed by atoms with E-state index >= 15 is 0 Å². The minimum atomic E-state index is -0.0703. The third-order valence-electron chi connectivity index (χ3n) is 2.10. The lowest BCUT2D eigenvalue weighted by atomic mass is 10.2. The molecule has 0 unspecified atom stereocenters. The van der Waals surface area contributed by atoms with Crippen LogP contribution in [0.3, 0.4) is 0 Å². The van der Waals surface area contributed by atoms with Crippen molar-refractivity contribution < 1.29 is 4.79 Å². The summed E-state index contributed by atoms with van der Waals surface area (Å²) < 4.78 is 5.41. The second-order valence-corrected chi connectivity index (χ2v) is 3.90. The minimum Gasteiger partial charge on any atom is -0.292 e. The standard InChI is InChI=1S/C9H11N5OS/c1-2-3-14-9(10-6-11-14)4-8(15)7-5-16-13-12-7/h5-6H,2-4H2,1H3. The number of rotatable bonds is 5. The van der Waals surface area contributed by atoms with Gasteiger partial charge in [-0.25, -0.2) is 9.67 Å². The van der Waals surface area contributed by atoms with Gasteiger partial charge in [-0.05, 0) is 18.0 Å². The monoisotopic (exact) mass is 237 g/mol. The largest absolute Gasteiger partial charge is 0.292 e. The van der Waals surface area contributed by atoms with Crippen LogP contribution in [0.4, 0.5) is 0 Å². The molecule has 0 saturated carbocycles. The lowest BCUT2D eigenvalue weighted by Crippen LogP contribution is -2.11. The lowest BCUT2D eigenvalue weighted by Gasteiger charge is -2.02. The Bertz CT molecular complexity index is 464. The van der Waals surface area contributed by atoms with Gasteiger partial charge in [-0.3, -0.25) is 4.79 Å². The fraction of sp³-hybridized carbons (Fsp3) is 0.444. The lowest BCUT2D eigenvalue weighted by molar-refractivity contribution is 0.0984. The second-order valence-electron chi connectivity index (χ2n) is 3.29. The van der Waals surface area contributed by atoms with E-state index in [-0.39, 0.29) is 12.2 Å². The predicted molar refractivity (Wildman–Crippen MR) is 58.3 cm³/mol. The van der Waals surface area contributed by atoms with E-state index in [4.69, 9.17) is 0 Å². The Labute approximate surface area is 96.5 Å². The molecular formula is C9H11N5OS. The molecule has 0 fully saturated rings. The number of nitrogens with zero attached hydrogens (tertiary/aromatic N) is 5. The van der Waals surface area contributed by atoms with Crippen LogP contribution in [0.1, 0.15) is 29.7 Å². The van der Waals surface area contributed by atoms with Crippen molar-refractivity contribution in [3.63, 3.8) is 0 Å². The van der Waals surface area contributed by atoms with Gasteiger partial charge in [-0.2, -0.15) is 5.10 Å². The molecule has 0 amide bonds. The van der Waals surface area contributed by atoms with E-state index < -0.39 is 0 Å². The van der Waals surface area contributed by atoms with Crippen molar-refractivity contribution in [2.75, 3.05) is 0 Å². The number of carbonyl (C=O) groups excluding carboxylic acids is 1. The molecule has 0 N–H and O–H groups in total. The molecule has 2 aromatic heterocycles. The van der Waals surface area contributed by atoms with Gasteiger partial charge in [0.2, 0.25) is 0 Å². The van der Waals surface area contributed by atoms with E-state index in [2.05, 4.69) is 26.6 Å². The zero-order valence-electron chi connectivity index (χ0n) is 8.83. The molecule has 0 aliphatic carbocycles. The third kappa shape index (κ3) is 2.30. The van der Waals surface area contributed by atoms with Gasteiger partial charge in [-0.1, -0.05) is 11.4 Å². The second kappa shape index (κ2) is 4.93. The Hall–Kier alpha value is -1.63. The van der Waals surface area contributed by atoms with E-state index in [1.807, 2.05) is 0 Å². The van der Waals surface area contributed by atoms with Crippen molar-refractivity contribution in [2.45, 2.75) is 26.3 Å². The molecule has 0 aliphatic heterocycles. The summed E-state index contributed by atoms with van der Waals surface area (Å²) in [5.41, 5.74) is 0.399. The average Bonchev–Trinajstić information content (AvgIpc) is 2.90. The molecule has 0 spiro atoms. The maximum atomic E-state index is 11.8. The Morgan fingerprint density at radius 3 is 3.12 bits per heavy atom. The molecular weight excluding hydrogens is 226 g/mol. The van der Waals surface area contributed by atoms with Crippen LogP contribution < -0.4 is 0 Å². The summed E-state index contributed by atoms with van der Waals surface area (Å²) in [4.78, 5) is 15.8. The van der Waals surface area contributed by atoms with Crippen molar-refractivity contribution in [2.24, 2.45) is 0 Å². The van der Waals surface area contributed by atoms with Gasteiger partial charge in [0.25, 0.3) is 0 Å². The Morgan fingerprint density at radius 2 is 2.44 bits per heavy atom. The van der Waals surface area contributed by atoms with E-state index in [0.29, 0.717) is 11.5 Å². The number of aryl methyl sites for hydroxylation is 1. The summed E-state index contributed by atoms with van der Waals surface area (Å²) in [5.74, 6) is 0.610. The highest BCUT2D eigenvalue weighted by molar-refractivity contribution is 7.03. The highest BCUT2D eigenvalue weighted by Gasteiger charge is 2.13. The maximum absolute atomic E-state index is 11.8. The van der Waals surface area contributed by atoms with E-state index in [0.717, 1.165) is 13.0 Å². The van der Waals surface area contributed by atoms with Crippen LogP contribution in [-0.2, 0) is 13.0 Å². The molecule has 0 atom stereocenters. The van der Waals surface area contributed by atoms with Crippen molar-refractivity contribution in [3.8, 4) is 0 Å². The minimum absolute atomic E-state index is 0.0703. The fourth-order valence-corrected chi connectivity index (χ4v) is 1.80. The molecule has 16 heavy (non-hydrogen) atoms. The van der Waals surface area contributed by atoms with Crippen molar-refractivity contribution in [1.82, 2.24) is 24.4 Å². The molecule has 0 aliphatic rings. The van der Waals surface area contributed by atoms with Crippen molar-refractivity contribution in [3.05, 3.63) is 23.2 Å². The van der Waals surface area contributed by atoms with Crippen LogP contribution in [0, 0.1) is 0 Å². The normalized spacial score (nSPS) is 10.6. The number of Topliss-reactive ketones (excluding diaryl/α,β-unsaturated/α-hetero) is 1. The van der Waals surface area contributed by atoms with Gasteiger partial charge in [0.1, 0.15) is 17.8 Å². The molecule has 0 bridgehead atoms. The Morgan fingerprint density at radius 1 is 1.56 bits per heavy atom. The first-order chi connectivity index (χ1) is 7.81. The van der Waals surface area contributed by atoms with Gasteiger partial charge in [-0.15, -0.1) is 5.10 Å². The summed E-state index contributed by atoms with van der Waals surface area (Å²) in [6, 6.07) is 0. The van der Waals surface area contributed by atoms with Gasteiger partial charge >= 0.3 is 0 Å². The molecule has 6 nitrogen and oxygen atoms in total. The van der Waals surface area contributed by atoms with Crippen LogP contribution in [0.25, 0.3) is 0 Å². The molecule has 0 radical (unpaired) electrons. The van der Waals surface area contributed by atoms with E-state index in [1.54, 1.807) is 10.1 Å². The first-order valence-corrected chi connectivity index (χ1v) is 5.82. The zero-order valence-corrected chi connectivity index (χ0v) is 9.65. The molecule has 7 heteroatoms. The van der Waals surface area contributed by atoms with E-state index in [9.17, 15) is 4.79 Å². The Kier molecular flexibility index (Phi) is 3.35. The van der Waals surface area contributed by atoms with Crippen LogP contribution in [0.15, 0.2) is 11.7 Å². The molecule has 2 rings (SSSR count). The number of ketones is 1. The number of hydrogen-bond donors (Lipinski definition) is 0. The fourth-order valence-electron chi connectivity index (χ4n) is 1.34. The predicted octanol–water partition coefficient (Wildman–Crippen LogP) is 0.965. The van der Waals surface area contributed by atoms with Crippen LogP contribution in [0.2, 0.25) is 0 Å². The molecule has 0 aromatic carbocycles. The summed E-state index contributed by atoms with van der Waals surface area (Å²) in [6.45, 7) is 2.83. The first-order valence-electron chi connectivity index (χ1n) is 4.98. The SMILES string of the molecule is CCCn1ncnc1CC(=O)c1csnn1. The third-order valence-corrected chi connectivity index (χ3v) is 2.60. The smallest absolute Gasteiger partial charge is 0.191 e. The average molecular weight is 237 g/mol. The molecule has 2 heterocycles. The Balaban J connectivity index is 2.09. The van der Waals surface area contributed by atoms with Gasteiger partial charge in [0, 0.05) is 11.9 Å². The summed E-state index contributed by atoms with van der Waals surface area (Å²) in [7, 11) is 0. The zero-order chi connectivity index (χ0) is 11.4. The summed E-state index contributed by atoms with van der Waals surface area (Å²) in [5, 5.41) is 9.44. The van der Waals surface area contributed by atoms with E-state index in [1.165, 1.54) is 17.9 Å². The number of hydrogen-bond acceptors (Lipinski definition) is 6. The number of carbonyl (C=O) groups is 1. The topological polar surface area (TPSA) is 73.6 Å². The van der Waals surface area contributed by atoms with Gasteiger partial charge in [0.15, 0.2) is 5.78 Å². The van der Waals surface area contributed by atoms with Crippen LogP contribution >= 0.6 is 11.5 Å². The molecule has 2 aromatic rings.